The van der Waals surface area contributed by atoms with Gasteiger partial charge in [-0.2, -0.15) is 0 Å². The van der Waals surface area contributed by atoms with Crippen molar-refractivity contribution in [1.29, 1.82) is 0 Å². The van der Waals surface area contributed by atoms with Crippen molar-refractivity contribution in [2.24, 2.45) is 0 Å². The van der Waals surface area contributed by atoms with Gasteiger partial charge in [-0.3, -0.25) is 4.72 Å². The molecule has 2 aromatic rings. The molecule has 23 heavy (non-hydrogen) atoms. The number of para-hydroxylation sites is 1. The molecular formula is C16H10BrClN2O2S. The molecule has 116 valence electrons. The van der Waals surface area contributed by atoms with Gasteiger partial charge in [0, 0.05) is 17.3 Å². The number of nitrogens with one attached hydrogen (secondary N) is 1. The van der Waals surface area contributed by atoms with Crippen LogP contribution in [0.3, 0.4) is 0 Å². The Bertz CT molecular complexity index is 977. The van der Waals surface area contributed by atoms with Crippen molar-refractivity contribution in [2.75, 3.05) is 4.72 Å². The highest BCUT2D eigenvalue weighted by Crippen LogP contribution is 2.29. The lowest BCUT2D eigenvalue weighted by molar-refractivity contribution is 0.600. The molecule has 1 heterocycles. The molecule has 0 amide bonds. The lowest BCUT2D eigenvalue weighted by Crippen LogP contribution is -2.14. The summed E-state index contributed by atoms with van der Waals surface area (Å²) in [4.78, 5) is 3.88. The zero-order valence-electron chi connectivity index (χ0n) is 11.6. The molecule has 0 spiro atoms. The van der Waals surface area contributed by atoms with Crippen LogP contribution in [0.25, 0.3) is 5.57 Å². The highest BCUT2D eigenvalue weighted by atomic mass is 79.9. The molecule has 7 heteroatoms. The van der Waals surface area contributed by atoms with E-state index in [1.807, 2.05) is 24.3 Å². The second-order valence-corrected chi connectivity index (χ2v) is 7.57. The van der Waals surface area contributed by atoms with E-state index in [9.17, 15) is 8.42 Å². The van der Waals surface area contributed by atoms with Crippen molar-refractivity contribution >= 4 is 48.8 Å². The van der Waals surface area contributed by atoms with E-state index in [0.717, 1.165) is 11.1 Å². The Hall–Kier alpha value is -1.85. The van der Waals surface area contributed by atoms with Gasteiger partial charge in [0.05, 0.1) is 10.2 Å². The lowest BCUT2D eigenvalue weighted by atomic mass is 10.1. The van der Waals surface area contributed by atoms with Gasteiger partial charge in [0.15, 0.2) is 0 Å². The number of hydrogen-bond donors (Lipinski definition) is 1. The molecule has 1 aliphatic carbocycles. The summed E-state index contributed by atoms with van der Waals surface area (Å²) in [7, 11) is -3.78. The van der Waals surface area contributed by atoms with Crippen LogP contribution in [0.4, 0.5) is 5.69 Å². The van der Waals surface area contributed by atoms with Crippen LogP contribution in [0.2, 0.25) is 5.15 Å². The largest absolute Gasteiger partial charge is 0.279 e. The van der Waals surface area contributed by atoms with Crippen molar-refractivity contribution in [3.05, 3.63) is 75.7 Å². The van der Waals surface area contributed by atoms with Crippen LogP contribution in [-0.4, -0.2) is 13.4 Å². The third-order valence-corrected chi connectivity index (χ3v) is 5.61. The Morgan fingerprint density at radius 1 is 1.26 bits per heavy atom. The number of halogens is 2. The Labute approximate surface area is 147 Å². The van der Waals surface area contributed by atoms with E-state index < -0.39 is 10.0 Å². The summed E-state index contributed by atoms with van der Waals surface area (Å²) in [6, 6.07) is 8.55. The summed E-state index contributed by atoms with van der Waals surface area (Å²) in [5.41, 5.74) is 5.11. The number of pyridine rings is 1. The number of anilines is 1. The van der Waals surface area contributed by atoms with E-state index in [1.165, 1.54) is 12.3 Å². The van der Waals surface area contributed by atoms with Crippen LogP contribution >= 0.6 is 27.5 Å². The summed E-state index contributed by atoms with van der Waals surface area (Å²) >= 11 is 8.98. The van der Waals surface area contributed by atoms with E-state index in [1.54, 1.807) is 18.2 Å². The quantitative estimate of drug-likeness (QED) is 0.601. The number of allylic oxidation sites excluding steroid dienone is 3. The molecule has 0 atom stereocenters. The van der Waals surface area contributed by atoms with Crippen molar-refractivity contribution in [1.82, 2.24) is 4.98 Å². The summed E-state index contributed by atoms with van der Waals surface area (Å²) in [6.45, 7) is 0. The molecule has 1 aromatic carbocycles. The smallest absolute Gasteiger partial charge is 0.263 e. The molecule has 1 N–H and O–H groups in total. The van der Waals surface area contributed by atoms with Crippen molar-refractivity contribution in [3.63, 3.8) is 0 Å². The molecule has 0 fully saturated rings. The maximum atomic E-state index is 12.6. The summed E-state index contributed by atoms with van der Waals surface area (Å²) in [6.07, 6.45) is 6.71. The number of benzene rings is 1. The number of nitrogens with zero attached hydrogens (tertiary/aromatic N) is 1. The van der Waals surface area contributed by atoms with E-state index in [0.29, 0.717) is 10.2 Å². The van der Waals surface area contributed by atoms with Crippen LogP contribution < -0.4 is 4.72 Å². The van der Waals surface area contributed by atoms with Gasteiger partial charge in [0.25, 0.3) is 10.0 Å². The Balaban J connectivity index is 2.00. The van der Waals surface area contributed by atoms with Crippen molar-refractivity contribution in [3.8, 4) is 0 Å². The fraction of sp³-hybridized carbons (Fsp3) is 0. The third kappa shape index (κ3) is 3.41. The topological polar surface area (TPSA) is 59.1 Å². The predicted molar refractivity (Wildman–Crippen MR) is 94.8 cm³/mol. The van der Waals surface area contributed by atoms with Gasteiger partial charge in [0.2, 0.25) is 0 Å². The van der Waals surface area contributed by atoms with Gasteiger partial charge in [-0.15, -0.1) is 5.73 Å². The number of sulfonamides is 1. The fourth-order valence-electron chi connectivity index (χ4n) is 2.06. The first-order valence-electron chi connectivity index (χ1n) is 6.54. The van der Waals surface area contributed by atoms with E-state index >= 15 is 0 Å². The van der Waals surface area contributed by atoms with Gasteiger partial charge in [-0.05, 0) is 40.2 Å². The summed E-state index contributed by atoms with van der Waals surface area (Å²) in [5, 5.41) is 0.204. The molecular weight excluding hydrogens is 400 g/mol. The Morgan fingerprint density at radius 2 is 2.04 bits per heavy atom. The van der Waals surface area contributed by atoms with Crippen molar-refractivity contribution < 1.29 is 8.42 Å². The van der Waals surface area contributed by atoms with Crippen LogP contribution in [0.5, 0.6) is 0 Å². The predicted octanol–water partition coefficient (Wildman–Crippen LogP) is 4.41. The maximum absolute atomic E-state index is 12.6. The zero-order valence-corrected chi connectivity index (χ0v) is 14.8. The summed E-state index contributed by atoms with van der Waals surface area (Å²) in [5.74, 6) is 0. The summed E-state index contributed by atoms with van der Waals surface area (Å²) < 4.78 is 28.1. The molecule has 0 saturated carbocycles. The van der Waals surface area contributed by atoms with Crippen LogP contribution in [0.15, 0.2) is 69.9 Å². The molecule has 0 saturated heterocycles. The molecule has 0 unspecified atom stereocenters. The molecule has 0 radical (unpaired) electrons. The molecule has 0 bridgehead atoms. The zero-order chi connectivity index (χ0) is 16.4. The standard InChI is InChI=1S/C16H10BrClN2O2S/c17-14-9-12(10-19-16(14)18)23(21,22)20-15-8-4-3-7-13(15)11-5-1-2-6-11/h1-5,7-10,20H. The Kier molecular flexibility index (Phi) is 4.41. The minimum absolute atomic E-state index is 0.0232. The monoisotopic (exact) mass is 408 g/mol. The highest BCUT2D eigenvalue weighted by Gasteiger charge is 2.18. The van der Waals surface area contributed by atoms with Gasteiger partial charge in [0.1, 0.15) is 10.0 Å². The third-order valence-electron chi connectivity index (χ3n) is 3.14. The van der Waals surface area contributed by atoms with Gasteiger partial charge in [-0.25, -0.2) is 13.4 Å². The van der Waals surface area contributed by atoms with Gasteiger partial charge in [-0.1, -0.05) is 35.9 Å². The first-order chi connectivity index (χ1) is 11.0. The van der Waals surface area contributed by atoms with E-state index in [2.05, 4.69) is 31.4 Å². The number of rotatable bonds is 4. The van der Waals surface area contributed by atoms with Crippen molar-refractivity contribution in [2.45, 2.75) is 4.90 Å². The van der Waals surface area contributed by atoms with Gasteiger partial charge >= 0.3 is 0 Å². The SMILES string of the molecule is O=S(=O)(Nc1ccccc1C1=C=CC=C1)c1cnc(Cl)c(Br)c1. The Morgan fingerprint density at radius 3 is 2.74 bits per heavy atom. The maximum Gasteiger partial charge on any atom is 0.263 e. The second kappa shape index (κ2) is 6.34. The molecule has 3 rings (SSSR count). The molecule has 4 nitrogen and oxygen atoms in total. The average molecular weight is 410 g/mol. The number of aromatic nitrogens is 1. The first kappa shape index (κ1) is 16.0. The minimum atomic E-state index is -3.78. The van der Waals surface area contributed by atoms with E-state index in [-0.39, 0.29) is 10.0 Å². The highest BCUT2D eigenvalue weighted by molar-refractivity contribution is 9.10. The van der Waals surface area contributed by atoms with Crippen LogP contribution in [-0.2, 0) is 10.0 Å². The molecule has 0 aliphatic heterocycles. The molecule has 1 aliphatic rings. The average Bonchev–Trinajstić information content (AvgIpc) is 3.04. The normalized spacial score (nSPS) is 13.2. The first-order valence-corrected chi connectivity index (χ1v) is 9.19. The number of hydrogen-bond acceptors (Lipinski definition) is 3. The van der Waals surface area contributed by atoms with Crippen LogP contribution in [0.1, 0.15) is 5.56 Å². The second-order valence-electron chi connectivity index (χ2n) is 4.68. The lowest BCUT2D eigenvalue weighted by Gasteiger charge is -2.12. The fourth-order valence-corrected chi connectivity index (χ4v) is 3.71. The van der Waals surface area contributed by atoms with Gasteiger partial charge < -0.3 is 0 Å². The van der Waals surface area contributed by atoms with E-state index in [4.69, 9.17) is 11.6 Å². The minimum Gasteiger partial charge on any atom is -0.279 e. The molecule has 1 aromatic heterocycles. The van der Waals surface area contributed by atoms with Crippen LogP contribution in [0, 0.1) is 0 Å².